The number of methoxy groups -OCH3 is 1. The van der Waals surface area contributed by atoms with Crippen molar-refractivity contribution in [1.29, 1.82) is 0 Å². The van der Waals surface area contributed by atoms with Crippen LogP contribution in [0.1, 0.15) is 13.8 Å². The van der Waals surface area contributed by atoms with E-state index in [0.717, 1.165) is 0 Å². The van der Waals surface area contributed by atoms with E-state index in [1.165, 1.54) is 0 Å². The molecule has 0 saturated heterocycles. The van der Waals surface area contributed by atoms with Gasteiger partial charge >= 0.3 is 0 Å². The Kier molecular flexibility index (Phi) is 7.15. The second-order valence-electron chi connectivity index (χ2n) is 3.19. The van der Waals surface area contributed by atoms with Crippen LogP contribution in [0.25, 0.3) is 0 Å². The summed E-state index contributed by atoms with van der Waals surface area (Å²) < 4.78 is 4.78. The molecular weight excluding hydrogens is 216 g/mol. The fraction of sp³-hybridized carbons (Fsp3) is 0.778. The zero-order chi connectivity index (χ0) is 11.8. The lowest BCUT2D eigenvalue weighted by molar-refractivity contribution is -0.128. The van der Waals surface area contributed by atoms with Crippen LogP contribution in [0.4, 0.5) is 0 Å². The van der Waals surface area contributed by atoms with Crippen molar-refractivity contribution in [2.75, 3.05) is 20.3 Å². The highest BCUT2D eigenvalue weighted by atomic mass is 32.1. The Morgan fingerprint density at radius 3 is 2.40 bits per heavy atom. The van der Waals surface area contributed by atoms with Gasteiger partial charge in [0.25, 0.3) is 0 Å². The Balaban J connectivity index is 3.83. The van der Waals surface area contributed by atoms with Crippen molar-refractivity contribution in [3.63, 3.8) is 0 Å². The lowest BCUT2D eigenvalue weighted by atomic mass is 10.3. The van der Waals surface area contributed by atoms with Gasteiger partial charge in [-0.25, -0.2) is 0 Å². The standard InChI is InChI=1S/C9H18N2O3S/c1-6(11-9(13)7(2)15)8(12)10-4-5-14-3/h6-7,15H,4-5H2,1-3H3,(H,10,12)(H,11,13). The summed E-state index contributed by atoms with van der Waals surface area (Å²) in [6.45, 7) is 4.16. The maximum absolute atomic E-state index is 11.4. The summed E-state index contributed by atoms with van der Waals surface area (Å²) in [7, 11) is 1.56. The maximum atomic E-state index is 11.4. The third-order valence-electron chi connectivity index (χ3n) is 1.74. The molecule has 0 rings (SSSR count). The van der Waals surface area contributed by atoms with Crippen molar-refractivity contribution >= 4 is 24.4 Å². The lowest BCUT2D eigenvalue weighted by Crippen LogP contribution is -2.47. The second kappa shape index (κ2) is 7.53. The molecule has 15 heavy (non-hydrogen) atoms. The van der Waals surface area contributed by atoms with E-state index in [-0.39, 0.29) is 11.8 Å². The molecule has 0 aliphatic rings. The number of thiol groups is 1. The molecule has 0 saturated carbocycles. The predicted molar refractivity (Wildman–Crippen MR) is 60.9 cm³/mol. The van der Waals surface area contributed by atoms with E-state index in [2.05, 4.69) is 23.3 Å². The van der Waals surface area contributed by atoms with Crippen molar-refractivity contribution < 1.29 is 14.3 Å². The smallest absolute Gasteiger partial charge is 0.242 e. The van der Waals surface area contributed by atoms with E-state index in [1.807, 2.05) is 0 Å². The van der Waals surface area contributed by atoms with Crippen molar-refractivity contribution in [2.45, 2.75) is 25.1 Å². The van der Waals surface area contributed by atoms with E-state index in [0.29, 0.717) is 13.2 Å². The summed E-state index contributed by atoms with van der Waals surface area (Å²) in [5.41, 5.74) is 0. The van der Waals surface area contributed by atoms with Gasteiger partial charge < -0.3 is 15.4 Å². The molecule has 0 heterocycles. The van der Waals surface area contributed by atoms with Crippen LogP contribution >= 0.6 is 12.6 Å². The lowest BCUT2D eigenvalue weighted by Gasteiger charge is -2.14. The van der Waals surface area contributed by atoms with E-state index in [1.54, 1.807) is 21.0 Å². The van der Waals surface area contributed by atoms with Crippen molar-refractivity contribution in [3.8, 4) is 0 Å². The van der Waals surface area contributed by atoms with E-state index >= 15 is 0 Å². The molecular formula is C9H18N2O3S. The third kappa shape index (κ3) is 6.35. The first-order valence-corrected chi connectivity index (χ1v) is 5.25. The SMILES string of the molecule is COCCNC(=O)C(C)NC(=O)C(C)S. The number of nitrogens with one attached hydrogen (secondary N) is 2. The van der Waals surface area contributed by atoms with Gasteiger partial charge in [-0.2, -0.15) is 12.6 Å². The minimum absolute atomic E-state index is 0.227. The van der Waals surface area contributed by atoms with Gasteiger partial charge in [0.05, 0.1) is 11.9 Å². The highest BCUT2D eigenvalue weighted by molar-refractivity contribution is 7.81. The molecule has 2 N–H and O–H groups in total. The van der Waals surface area contributed by atoms with E-state index in [9.17, 15) is 9.59 Å². The zero-order valence-electron chi connectivity index (χ0n) is 9.24. The van der Waals surface area contributed by atoms with Crippen LogP contribution in [-0.4, -0.2) is 43.4 Å². The number of amides is 2. The molecule has 0 fully saturated rings. The van der Waals surface area contributed by atoms with Gasteiger partial charge in [-0.3, -0.25) is 9.59 Å². The average molecular weight is 234 g/mol. The first-order valence-electron chi connectivity index (χ1n) is 4.74. The quantitative estimate of drug-likeness (QED) is 0.431. The molecule has 2 atom stereocenters. The first-order chi connectivity index (χ1) is 6.99. The van der Waals surface area contributed by atoms with E-state index < -0.39 is 11.3 Å². The number of hydrogen-bond donors (Lipinski definition) is 3. The fourth-order valence-electron chi connectivity index (χ4n) is 0.829. The Labute approximate surface area is 95.4 Å². The number of carbonyl (C=O) groups excluding carboxylic acids is 2. The number of hydrogen-bond acceptors (Lipinski definition) is 4. The minimum atomic E-state index is -0.552. The van der Waals surface area contributed by atoms with Gasteiger partial charge in [0.1, 0.15) is 6.04 Å². The third-order valence-corrected chi connectivity index (χ3v) is 1.97. The second-order valence-corrected chi connectivity index (χ2v) is 3.96. The summed E-state index contributed by atoms with van der Waals surface area (Å²) in [5.74, 6) is -0.484. The van der Waals surface area contributed by atoms with Crippen LogP contribution in [-0.2, 0) is 14.3 Å². The molecule has 0 spiro atoms. The van der Waals surface area contributed by atoms with Crippen LogP contribution in [0.5, 0.6) is 0 Å². The summed E-state index contributed by atoms with van der Waals surface area (Å²) in [5, 5.41) is 4.74. The molecule has 0 bridgehead atoms. The van der Waals surface area contributed by atoms with Gasteiger partial charge in [-0.15, -0.1) is 0 Å². The van der Waals surface area contributed by atoms with Gasteiger partial charge in [-0.1, -0.05) is 0 Å². The molecule has 0 aromatic heterocycles. The number of carbonyl (C=O) groups is 2. The molecule has 0 aromatic rings. The average Bonchev–Trinajstić information content (AvgIpc) is 2.17. The van der Waals surface area contributed by atoms with E-state index in [4.69, 9.17) is 4.74 Å². The van der Waals surface area contributed by atoms with Crippen LogP contribution in [0, 0.1) is 0 Å². The summed E-state index contributed by atoms with van der Waals surface area (Å²) in [6, 6.07) is -0.552. The molecule has 0 aliphatic heterocycles. The minimum Gasteiger partial charge on any atom is -0.383 e. The Hall–Kier alpha value is -0.750. The maximum Gasteiger partial charge on any atom is 0.242 e. The zero-order valence-corrected chi connectivity index (χ0v) is 10.1. The first kappa shape index (κ1) is 14.2. The van der Waals surface area contributed by atoms with Crippen molar-refractivity contribution in [2.24, 2.45) is 0 Å². The molecule has 5 nitrogen and oxygen atoms in total. The highest BCUT2D eigenvalue weighted by Gasteiger charge is 2.16. The summed E-state index contributed by atoms with van der Waals surface area (Å²) in [6.07, 6.45) is 0. The van der Waals surface area contributed by atoms with Gasteiger partial charge in [-0.05, 0) is 13.8 Å². The predicted octanol–water partition coefficient (Wildman–Crippen LogP) is -0.428. The number of rotatable bonds is 6. The normalized spacial score (nSPS) is 14.1. The molecule has 6 heteroatoms. The molecule has 88 valence electrons. The topological polar surface area (TPSA) is 67.4 Å². The summed E-state index contributed by atoms with van der Waals surface area (Å²) >= 11 is 3.96. The van der Waals surface area contributed by atoms with Crippen LogP contribution < -0.4 is 10.6 Å². The molecule has 0 aromatic carbocycles. The fourth-order valence-corrected chi connectivity index (χ4v) is 0.903. The van der Waals surface area contributed by atoms with Crippen LogP contribution in [0.15, 0.2) is 0 Å². The molecule has 0 radical (unpaired) electrons. The Bertz CT molecular complexity index is 221. The Morgan fingerprint density at radius 2 is 1.93 bits per heavy atom. The highest BCUT2D eigenvalue weighted by Crippen LogP contribution is 1.93. The molecule has 2 amide bonds. The van der Waals surface area contributed by atoms with Crippen molar-refractivity contribution in [3.05, 3.63) is 0 Å². The summed E-state index contributed by atoms with van der Waals surface area (Å²) in [4.78, 5) is 22.6. The molecule has 2 unspecified atom stereocenters. The van der Waals surface area contributed by atoms with Gasteiger partial charge in [0.2, 0.25) is 11.8 Å². The monoisotopic (exact) mass is 234 g/mol. The largest absolute Gasteiger partial charge is 0.383 e. The Morgan fingerprint density at radius 1 is 1.33 bits per heavy atom. The number of ether oxygens (including phenoxy) is 1. The molecule has 0 aliphatic carbocycles. The van der Waals surface area contributed by atoms with Crippen LogP contribution in [0.3, 0.4) is 0 Å². The van der Waals surface area contributed by atoms with Crippen molar-refractivity contribution in [1.82, 2.24) is 10.6 Å². The van der Waals surface area contributed by atoms with Gasteiger partial charge in [0.15, 0.2) is 0 Å². The van der Waals surface area contributed by atoms with Gasteiger partial charge in [0, 0.05) is 13.7 Å². The van der Waals surface area contributed by atoms with Crippen LogP contribution in [0.2, 0.25) is 0 Å².